The van der Waals surface area contributed by atoms with E-state index in [1.807, 2.05) is 43.3 Å². The zero-order chi connectivity index (χ0) is 18.7. The van der Waals surface area contributed by atoms with Crippen molar-refractivity contribution in [2.24, 2.45) is 0 Å². The average Bonchev–Trinajstić information content (AvgIpc) is 2.62. The standard InChI is InChI=1S/C20H24N2O3S/c1-16-10-11-18(14-19(16)22-12-6-7-13-26(22,24)25)20(23)21(2)15-17-8-4-3-5-9-17/h3-5,8-11,14H,6-7,12-13,15H2,1-2H3. The van der Waals surface area contributed by atoms with Crippen molar-refractivity contribution in [3.63, 3.8) is 0 Å². The Morgan fingerprint density at radius 2 is 1.85 bits per heavy atom. The first kappa shape index (κ1) is 18.5. The number of anilines is 1. The van der Waals surface area contributed by atoms with E-state index < -0.39 is 10.0 Å². The molecule has 0 radical (unpaired) electrons. The highest BCUT2D eigenvalue weighted by Gasteiger charge is 2.28. The van der Waals surface area contributed by atoms with Gasteiger partial charge in [-0.05, 0) is 43.0 Å². The van der Waals surface area contributed by atoms with Crippen LogP contribution in [0, 0.1) is 6.92 Å². The second-order valence-corrected chi connectivity index (χ2v) is 8.76. The van der Waals surface area contributed by atoms with Crippen molar-refractivity contribution in [1.29, 1.82) is 0 Å². The zero-order valence-electron chi connectivity index (χ0n) is 15.2. The van der Waals surface area contributed by atoms with E-state index in [2.05, 4.69) is 0 Å². The molecule has 5 nitrogen and oxygen atoms in total. The largest absolute Gasteiger partial charge is 0.337 e. The highest BCUT2D eigenvalue weighted by molar-refractivity contribution is 7.92. The molecule has 0 saturated carbocycles. The fraction of sp³-hybridized carbons (Fsp3) is 0.350. The van der Waals surface area contributed by atoms with Gasteiger partial charge in [0.15, 0.2) is 0 Å². The van der Waals surface area contributed by atoms with Crippen LogP contribution in [0.1, 0.15) is 34.3 Å². The van der Waals surface area contributed by atoms with Crippen LogP contribution >= 0.6 is 0 Å². The Bertz CT molecular complexity index is 895. The number of benzene rings is 2. The third kappa shape index (κ3) is 3.90. The van der Waals surface area contributed by atoms with Gasteiger partial charge in [0.05, 0.1) is 11.4 Å². The summed E-state index contributed by atoms with van der Waals surface area (Å²) in [6.07, 6.45) is 1.53. The van der Waals surface area contributed by atoms with Gasteiger partial charge >= 0.3 is 0 Å². The van der Waals surface area contributed by atoms with E-state index >= 15 is 0 Å². The summed E-state index contributed by atoms with van der Waals surface area (Å²) in [6.45, 7) is 2.85. The fourth-order valence-electron chi connectivity index (χ4n) is 3.22. The Morgan fingerprint density at radius 1 is 1.12 bits per heavy atom. The van der Waals surface area contributed by atoms with Gasteiger partial charge in [0.25, 0.3) is 5.91 Å². The maximum atomic E-state index is 12.8. The number of rotatable bonds is 4. The molecular formula is C20H24N2O3S. The highest BCUT2D eigenvalue weighted by Crippen LogP contribution is 2.28. The summed E-state index contributed by atoms with van der Waals surface area (Å²) in [4.78, 5) is 14.5. The van der Waals surface area contributed by atoms with Crippen LogP contribution in [0.3, 0.4) is 0 Å². The van der Waals surface area contributed by atoms with Gasteiger partial charge in [-0.3, -0.25) is 9.10 Å². The molecule has 0 aliphatic carbocycles. The van der Waals surface area contributed by atoms with E-state index in [0.29, 0.717) is 30.8 Å². The monoisotopic (exact) mass is 372 g/mol. The second-order valence-electron chi connectivity index (χ2n) is 6.74. The Hall–Kier alpha value is -2.34. The predicted molar refractivity (Wildman–Crippen MR) is 104 cm³/mol. The van der Waals surface area contributed by atoms with Gasteiger partial charge in [-0.15, -0.1) is 0 Å². The van der Waals surface area contributed by atoms with Crippen LogP contribution in [-0.4, -0.2) is 38.6 Å². The molecule has 0 spiro atoms. The van der Waals surface area contributed by atoms with Crippen LogP contribution in [0.4, 0.5) is 5.69 Å². The number of carbonyl (C=O) groups excluding carboxylic acids is 1. The summed E-state index contributed by atoms with van der Waals surface area (Å²) in [5.41, 5.74) is 3.03. The van der Waals surface area contributed by atoms with E-state index in [9.17, 15) is 13.2 Å². The molecule has 1 aliphatic rings. The van der Waals surface area contributed by atoms with Crippen LogP contribution in [0.5, 0.6) is 0 Å². The van der Waals surface area contributed by atoms with Crippen LogP contribution < -0.4 is 4.31 Å². The number of hydrogen-bond acceptors (Lipinski definition) is 3. The first-order valence-electron chi connectivity index (χ1n) is 8.79. The molecule has 0 unspecified atom stereocenters. The summed E-state index contributed by atoms with van der Waals surface area (Å²) in [7, 11) is -1.55. The van der Waals surface area contributed by atoms with Crippen molar-refractivity contribution >= 4 is 21.6 Å². The maximum absolute atomic E-state index is 12.8. The van der Waals surface area contributed by atoms with Gasteiger partial charge < -0.3 is 4.90 Å². The van der Waals surface area contributed by atoms with Gasteiger partial charge in [0.1, 0.15) is 0 Å². The number of hydrogen-bond donors (Lipinski definition) is 0. The maximum Gasteiger partial charge on any atom is 0.253 e. The van der Waals surface area contributed by atoms with Crippen molar-refractivity contribution in [1.82, 2.24) is 4.90 Å². The van der Waals surface area contributed by atoms with Crippen molar-refractivity contribution < 1.29 is 13.2 Å². The minimum atomic E-state index is -3.30. The van der Waals surface area contributed by atoms with Crippen molar-refractivity contribution in [2.75, 3.05) is 23.7 Å². The highest BCUT2D eigenvalue weighted by atomic mass is 32.2. The molecule has 2 aromatic rings. The van der Waals surface area contributed by atoms with E-state index in [-0.39, 0.29) is 11.7 Å². The second kappa shape index (κ2) is 7.50. The summed E-state index contributed by atoms with van der Waals surface area (Å²) in [5, 5.41) is 0. The Labute approximate surface area is 155 Å². The number of aryl methyl sites for hydroxylation is 1. The third-order valence-electron chi connectivity index (χ3n) is 4.68. The lowest BCUT2D eigenvalue weighted by Gasteiger charge is -2.30. The van der Waals surface area contributed by atoms with Gasteiger partial charge in [0, 0.05) is 25.7 Å². The molecule has 2 aromatic carbocycles. The molecule has 1 saturated heterocycles. The summed E-state index contributed by atoms with van der Waals surface area (Å²) in [6, 6.07) is 15.1. The van der Waals surface area contributed by atoms with E-state index in [1.165, 1.54) is 4.31 Å². The summed E-state index contributed by atoms with van der Waals surface area (Å²) < 4.78 is 26.3. The lowest BCUT2D eigenvalue weighted by molar-refractivity contribution is 0.0785. The summed E-state index contributed by atoms with van der Waals surface area (Å²) in [5.74, 6) is 0.0444. The lowest BCUT2D eigenvalue weighted by atomic mass is 10.1. The van der Waals surface area contributed by atoms with Crippen LogP contribution in [0.15, 0.2) is 48.5 Å². The smallest absolute Gasteiger partial charge is 0.253 e. The van der Waals surface area contributed by atoms with Crippen LogP contribution in [0.25, 0.3) is 0 Å². The quantitative estimate of drug-likeness (QED) is 0.828. The van der Waals surface area contributed by atoms with E-state index in [4.69, 9.17) is 0 Å². The molecule has 1 aliphatic heterocycles. The SMILES string of the molecule is Cc1ccc(C(=O)N(C)Cc2ccccc2)cc1N1CCCCS1(=O)=O. The third-order valence-corrected chi connectivity index (χ3v) is 6.54. The molecule has 1 heterocycles. The lowest BCUT2D eigenvalue weighted by Crippen LogP contribution is -2.38. The van der Waals surface area contributed by atoms with Crippen LogP contribution in [-0.2, 0) is 16.6 Å². The number of amides is 1. The fourth-order valence-corrected chi connectivity index (χ4v) is 4.91. The molecular weight excluding hydrogens is 348 g/mol. The van der Waals surface area contributed by atoms with Gasteiger partial charge in [-0.25, -0.2) is 8.42 Å². The first-order valence-corrected chi connectivity index (χ1v) is 10.4. The van der Waals surface area contributed by atoms with Gasteiger partial charge in [-0.1, -0.05) is 36.4 Å². The molecule has 1 fully saturated rings. The molecule has 0 aromatic heterocycles. The first-order chi connectivity index (χ1) is 12.4. The minimum Gasteiger partial charge on any atom is -0.337 e. The zero-order valence-corrected chi connectivity index (χ0v) is 16.0. The molecule has 26 heavy (non-hydrogen) atoms. The molecule has 0 atom stereocenters. The number of sulfonamides is 1. The number of nitrogens with zero attached hydrogens (tertiary/aromatic N) is 2. The normalized spacial score (nSPS) is 16.3. The van der Waals surface area contributed by atoms with Crippen LogP contribution in [0.2, 0.25) is 0 Å². The van der Waals surface area contributed by atoms with Crippen molar-refractivity contribution in [2.45, 2.75) is 26.3 Å². The van der Waals surface area contributed by atoms with Crippen molar-refractivity contribution in [3.8, 4) is 0 Å². The number of carbonyl (C=O) groups is 1. The molecule has 6 heteroatoms. The van der Waals surface area contributed by atoms with E-state index in [0.717, 1.165) is 17.5 Å². The predicted octanol–water partition coefficient (Wildman–Crippen LogP) is 3.20. The Balaban J connectivity index is 1.86. The van der Waals surface area contributed by atoms with Gasteiger partial charge in [0.2, 0.25) is 10.0 Å². The Kier molecular flexibility index (Phi) is 5.32. The summed E-state index contributed by atoms with van der Waals surface area (Å²) >= 11 is 0. The topological polar surface area (TPSA) is 57.7 Å². The minimum absolute atomic E-state index is 0.121. The molecule has 138 valence electrons. The molecule has 1 amide bonds. The molecule has 0 N–H and O–H groups in total. The molecule has 0 bridgehead atoms. The van der Waals surface area contributed by atoms with Crippen molar-refractivity contribution in [3.05, 3.63) is 65.2 Å². The Morgan fingerprint density at radius 3 is 2.54 bits per heavy atom. The molecule has 3 rings (SSSR count). The van der Waals surface area contributed by atoms with Gasteiger partial charge in [-0.2, -0.15) is 0 Å². The average molecular weight is 372 g/mol. The van der Waals surface area contributed by atoms with E-state index in [1.54, 1.807) is 24.1 Å².